The molecule has 3 rings (SSSR count). The highest BCUT2D eigenvalue weighted by molar-refractivity contribution is 5.94. The molecular weight excluding hydrogens is 312 g/mol. The molecule has 4 nitrogen and oxygen atoms in total. The first kappa shape index (κ1) is 17.2. The van der Waals surface area contributed by atoms with Gasteiger partial charge in [0.05, 0.1) is 5.41 Å². The third kappa shape index (κ3) is 4.27. The topological polar surface area (TPSA) is 58.2 Å². The minimum absolute atomic E-state index is 0.0221. The zero-order valence-corrected chi connectivity index (χ0v) is 14.7. The number of carbonyl (C=O) groups is 2. The van der Waals surface area contributed by atoms with Gasteiger partial charge >= 0.3 is 0 Å². The van der Waals surface area contributed by atoms with Crippen LogP contribution in [0.1, 0.15) is 37.8 Å². The summed E-state index contributed by atoms with van der Waals surface area (Å²) in [6.45, 7) is 4.27. The summed E-state index contributed by atoms with van der Waals surface area (Å²) in [6, 6.07) is 17.4. The Hall–Kier alpha value is -2.62. The molecule has 25 heavy (non-hydrogen) atoms. The standard InChI is InChI=1S/C21H24N2O2/c1-21(2,17-8-4-3-5-9-17)20(25)22-14-15-7-6-10-18(13-15)23-19(24)16-11-12-16/h3-10,13,16H,11-12,14H2,1-2H3,(H,22,25)(H,23,24). The number of hydrogen-bond donors (Lipinski definition) is 2. The van der Waals surface area contributed by atoms with E-state index in [1.54, 1.807) is 0 Å². The van der Waals surface area contributed by atoms with Gasteiger partial charge in [0, 0.05) is 18.2 Å². The van der Waals surface area contributed by atoms with Gasteiger partial charge in [-0.25, -0.2) is 0 Å². The zero-order valence-electron chi connectivity index (χ0n) is 14.7. The lowest BCUT2D eigenvalue weighted by Gasteiger charge is -2.24. The second-order valence-corrected chi connectivity index (χ2v) is 7.14. The number of carbonyl (C=O) groups excluding carboxylic acids is 2. The van der Waals surface area contributed by atoms with Gasteiger partial charge in [-0.1, -0.05) is 42.5 Å². The molecule has 0 radical (unpaired) electrons. The first-order chi connectivity index (χ1) is 12.0. The van der Waals surface area contributed by atoms with E-state index in [2.05, 4.69) is 10.6 Å². The minimum atomic E-state index is -0.598. The van der Waals surface area contributed by atoms with Crippen molar-refractivity contribution in [2.75, 3.05) is 5.32 Å². The van der Waals surface area contributed by atoms with Crippen molar-refractivity contribution in [1.29, 1.82) is 0 Å². The first-order valence-electron chi connectivity index (χ1n) is 8.70. The Labute approximate surface area is 148 Å². The SMILES string of the molecule is CC(C)(C(=O)NCc1cccc(NC(=O)C2CC2)c1)c1ccccc1. The predicted molar refractivity (Wildman–Crippen MR) is 99.1 cm³/mol. The van der Waals surface area contributed by atoms with E-state index in [9.17, 15) is 9.59 Å². The van der Waals surface area contributed by atoms with Crippen LogP contribution in [-0.4, -0.2) is 11.8 Å². The molecule has 1 aliphatic rings. The van der Waals surface area contributed by atoms with Gasteiger partial charge in [0.2, 0.25) is 11.8 Å². The maximum Gasteiger partial charge on any atom is 0.230 e. The summed E-state index contributed by atoms with van der Waals surface area (Å²) in [5.74, 6) is 0.243. The molecule has 0 bridgehead atoms. The lowest BCUT2D eigenvalue weighted by atomic mass is 9.84. The van der Waals surface area contributed by atoms with Crippen molar-refractivity contribution in [2.24, 2.45) is 5.92 Å². The minimum Gasteiger partial charge on any atom is -0.351 e. The van der Waals surface area contributed by atoms with Crippen LogP contribution in [0.2, 0.25) is 0 Å². The summed E-state index contributed by atoms with van der Waals surface area (Å²) >= 11 is 0. The molecule has 0 heterocycles. The Balaban J connectivity index is 1.61. The van der Waals surface area contributed by atoms with Gasteiger partial charge in [0.25, 0.3) is 0 Å². The van der Waals surface area contributed by atoms with Crippen LogP contribution in [0.4, 0.5) is 5.69 Å². The van der Waals surface area contributed by atoms with Gasteiger partial charge in [-0.05, 0) is 49.9 Å². The average molecular weight is 336 g/mol. The second-order valence-electron chi connectivity index (χ2n) is 7.14. The van der Waals surface area contributed by atoms with E-state index in [4.69, 9.17) is 0 Å². The Bertz CT molecular complexity index is 764. The first-order valence-corrected chi connectivity index (χ1v) is 8.70. The van der Waals surface area contributed by atoms with E-state index in [-0.39, 0.29) is 17.7 Å². The molecule has 0 saturated heterocycles. The molecule has 0 atom stereocenters. The molecule has 0 unspecified atom stereocenters. The molecule has 1 saturated carbocycles. The molecule has 2 aromatic carbocycles. The Morgan fingerprint density at radius 3 is 2.44 bits per heavy atom. The molecule has 0 aromatic heterocycles. The monoisotopic (exact) mass is 336 g/mol. The van der Waals surface area contributed by atoms with Crippen LogP contribution in [0.25, 0.3) is 0 Å². The lowest BCUT2D eigenvalue weighted by Crippen LogP contribution is -2.39. The highest BCUT2D eigenvalue weighted by Gasteiger charge is 2.30. The fourth-order valence-corrected chi connectivity index (χ4v) is 2.74. The van der Waals surface area contributed by atoms with Crippen LogP contribution in [0.5, 0.6) is 0 Å². The van der Waals surface area contributed by atoms with Crippen LogP contribution in [0, 0.1) is 5.92 Å². The summed E-state index contributed by atoms with van der Waals surface area (Å²) in [6.07, 6.45) is 1.96. The summed E-state index contributed by atoms with van der Waals surface area (Å²) in [7, 11) is 0. The quantitative estimate of drug-likeness (QED) is 0.846. The summed E-state index contributed by atoms with van der Waals surface area (Å²) in [5.41, 5.74) is 2.13. The van der Waals surface area contributed by atoms with Crippen molar-refractivity contribution < 1.29 is 9.59 Å². The number of anilines is 1. The van der Waals surface area contributed by atoms with E-state index in [0.717, 1.165) is 29.7 Å². The molecular formula is C21H24N2O2. The maximum atomic E-state index is 12.6. The van der Waals surface area contributed by atoms with E-state index in [1.165, 1.54) is 0 Å². The Morgan fingerprint density at radius 2 is 1.76 bits per heavy atom. The van der Waals surface area contributed by atoms with Crippen molar-refractivity contribution in [3.05, 3.63) is 65.7 Å². The van der Waals surface area contributed by atoms with Gasteiger partial charge < -0.3 is 10.6 Å². The maximum absolute atomic E-state index is 12.6. The molecule has 130 valence electrons. The summed E-state index contributed by atoms with van der Waals surface area (Å²) in [5, 5.41) is 5.94. The Morgan fingerprint density at radius 1 is 1.04 bits per heavy atom. The van der Waals surface area contributed by atoms with E-state index >= 15 is 0 Å². The molecule has 4 heteroatoms. The van der Waals surface area contributed by atoms with Gasteiger partial charge in [-0.15, -0.1) is 0 Å². The van der Waals surface area contributed by atoms with Crippen LogP contribution in [0.3, 0.4) is 0 Å². The van der Waals surface area contributed by atoms with Crippen molar-refractivity contribution in [2.45, 2.75) is 38.6 Å². The fourth-order valence-electron chi connectivity index (χ4n) is 2.74. The molecule has 1 fully saturated rings. The van der Waals surface area contributed by atoms with Crippen molar-refractivity contribution in [3.8, 4) is 0 Å². The lowest BCUT2D eigenvalue weighted by molar-refractivity contribution is -0.125. The molecule has 2 N–H and O–H groups in total. The normalized spacial score (nSPS) is 14.0. The van der Waals surface area contributed by atoms with Crippen LogP contribution >= 0.6 is 0 Å². The van der Waals surface area contributed by atoms with Crippen LogP contribution in [-0.2, 0) is 21.5 Å². The van der Waals surface area contributed by atoms with E-state index < -0.39 is 5.41 Å². The third-order valence-electron chi connectivity index (χ3n) is 4.66. The Kier molecular flexibility index (Phi) is 4.88. The van der Waals surface area contributed by atoms with Gasteiger partial charge in [0.1, 0.15) is 0 Å². The summed E-state index contributed by atoms with van der Waals surface area (Å²) < 4.78 is 0. The van der Waals surface area contributed by atoms with E-state index in [0.29, 0.717) is 6.54 Å². The number of amides is 2. The second kappa shape index (κ2) is 7.09. The molecule has 0 aliphatic heterocycles. The number of nitrogens with one attached hydrogen (secondary N) is 2. The van der Waals surface area contributed by atoms with Gasteiger partial charge in [-0.2, -0.15) is 0 Å². The summed E-state index contributed by atoms with van der Waals surface area (Å²) in [4.78, 5) is 24.5. The van der Waals surface area contributed by atoms with E-state index in [1.807, 2.05) is 68.4 Å². The smallest absolute Gasteiger partial charge is 0.230 e. The van der Waals surface area contributed by atoms with Crippen LogP contribution < -0.4 is 10.6 Å². The third-order valence-corrected chi connectivity index (χ3v) is 4.66. The largest absolute Gasteiger partial charge is 0.351 e. The van der Waals surface area contributed by atoms with Gasteiger partial charge in [0.15, 0.2) is 0 Å². The van der Waals surface area contributed by atoms with Crippen molar-refractivity contribution >= 4 is 17.5 Å². The number of benzene rings is 2. The van der Waals surface area contributed by atoms with Crippen molar-refractivity contribution in [1.82, 2.24) is 5.32 Å². The molecule has 2 amide bonds. The van der Waals surface area contributed by atoms with Gasteiger partial charge in [-0.3, -0.25) is 9.59 Å². The molecule has 1 aliphatic carbocycles. The highest BCUT2D eigenvalue weighted by atomic mass is 16.2. The molecule has 2 aromatic rings. The highest BCUT2D eigenvalue weighted by Crippen LogP contribution is 2.30. The van der Waals surface area contributed by atoms with Crippen molar-refractivity contribution in [3.63, 3.8) is 0 Å². The molecule has 0 spiro atoms. The number of rotatable bonds is 6. The fraction of sp³-hybridized carbons (Fsp3) is 0.333. The zero-order chi connectivity index (χ0) is 17.9. The predicted octanol–water partition coefficient (Wildman–Crippen LogP) is 3.63. The van der Waals surface area contributed by atoms with Crippen LogP contribution in [0.15, 0.2) is 54.6 Å². The average Bonchev–Trinajstić information content (AvgIpc) is 3.46. The number of hydrogen-bond acceptors (Lipinski definition) is 2.